The minimum atomic E-state index is -0.709. The Kier molecular flexibility index (Phi) is 15.7. The van der Waals surface area contributed by atoms with Crippen LogP contribution in [0, 0.1) is 5.82 Å². The quantitative estimate of drug-likeness (QED) is 0.0999. The van der Waals surface area contributed by atoms with Gasteiger partial charge in [-0.25, -0.2) is 9.37 Å². The number of carbonyl (C=O) groups is 4. The van der Waals surface area contributed by atoms with Crippen LogP contribution in [0.25, 0.3) is 10.9 Å². The fraction of sp³-hybridized carbons (Fsp3) is 0.511. The number of piperidine rings is 3. The number of rotatable bonds is 11. The lowest BCUT2D eigenvalue weighted by molar-refractivity contribution is -0.137. The summed E-state index contributed by atoms with van der Waals surface area (Å²) in [6.07, 6.45) is 11.0. The summed E-state index contributed by atoms with van der Waals surface area (Å²) >= 11 is 6.47. The number of carbonyl (C=O) groups excluding carboxylic acids is 4. The average molecular weight is 916 g/mol. The summed E-state index contributed by atoms with van der Waals surface area (Å²) in [5.41, 5.74) is 2.93. The van der Waals surface area contributed by atoms with Crippen molar-refractivity contribution in [2.24, 2.45) is 0 Å². The highest BCUT2D eigenvalue weighted by atomic mass is 35.5. The maximum absolute atomic E-state index is 15.1. The summed E-state index contributed by atoms with van der Waals surface area (Å²) in [5, 5.41) is 12.5. The zero-order valence-corrected chi connectivity index (χ0v) is 38.2. The molecule has 4 N–H and O–H groups in total. The lowest BCUT2D eigenvalue weighted by atomic mass is 9.88. The van der Waals surface area contributed by atoms with E-state index >= 15 is 4.39 Å². The molecule has 16 nitrogen and oxygen atoms in total. The molecule has 1 saturated carbocycles. The monoisotopic (exact) mass is 915 g/mol. The normalized spacial score (nSPS) is 19.1. The Morgan fingerprint density at radius 2 is 1.71 bits per heavy atom. The van der Waals surface area contributed by atoms with Crippen LogP contribution < -0.4 is 36.5 Å². The molecule has 4 aromatic rings. The molecule has 5 aliphatic rings. The first-order chi connectivity index (χ1) is 31.4. The molecule has 1 unspecified atom stereocenters. The van der Waals surface area contributed by atoms with Crippen LogP contribution in [0.3, 0.4) is 0 Å². The van der Waals surface area contributed by atoms with Crippen molar-refractivity contribution in [1.82, 2.24) is 35.4 Å². The first-order valence-corrected chi connectivity index (χ1v) is 23.1. The van der Waals surface area contributed by atoms with Crippen molar-refractivity contribution in [3.05, 3.63) is 80.5 Å². The van der Waals surface area contributed by atoms with Gasteiger partial charge in [-0.15, -0.1) is 0 Å². The number of halogens is 2. The van der Waals surface area contributed by atoms with Crippen molar-refractivity contribution in [1.29, 1.82) is 0 Å². The molecule has 4 aliphatic heterocycles. The van der Waals surface area contributed by atoms with E-state index < -0.39 is 11.9 Å². The predicted molar refractivity (Wildman–Crippen MR) is 246 cm³/mol. The number of ether oxygens (including phenoxy) is 2. The molecule has 4 amide bonds. The second-order valence-corrected chi connectivity index (χ2v) is 17.6. The first-order valence-electron chi connectivity index (χ1n) is 22.7. The van der Waals surface area contributed by atoms with Gasteiger partial charge in [0.2, 0.25) is 24.2 Å². The van der Waals surface area contributed by atoms with Gasteiger partial charge in [-0.1, -0.05) is 17.7 Å². The van der Waals surface area contributed by atoms with E-state index in [2.05, 4.69) is 31.2 Å². The van der Waals surface area contributed by atoms with Gasteiger partial charge < -0.3 is 39.8 Å². The second-order valence-electron chi connectivity index (χ2n) is 17.2. The number of pyridine rings is 1. The molecule has 4 fully saturated rings. The molecule has 3 saturated heterocycles. The van der Waals surface area contributed by atoms with Crippen molar-refractivity contribution in [3.63, 3.8) is 0 Å². The van der Waals surface area contributed by atoms with Crippen LogP contribution in [0.1, 0.15) is 112 Å². The molecule has 2 aromatic heterocycles. The van der Waals surface area contributed by atoms with Gasteiger partial charge in [0.25, 0.3) is 11.5 Å². The summed E-state index contributed by atoms with van der Waals surface area (Å²) in [5.74, 6) is 0.274. The summed E-state index contributed by atoms with van der Waals surface area (Å²) in [4.78, 5) is 70.8. The van der Waals surface area contributed by atoms with Gasteiger partial charge in [0.15, 0.2) is 11.6 Å². The smallest absolute Gasteiger partial charge is 0.293 e. The maximum Gasteiger partial charge on any atom is 0.293 e. The van der Waals surface area contributed by atoms with Gasteiger partial charge in [0.05, 0.1) is 37.1 Å². The molecule has 348 valence electrons. The van der Waals surface area contributed by atoms with Gasteiger partial charge in [0, 0.05) is 54.8 Å². The van der Waals surface area contributed by atoms with Crippen LogP contribution >= 0.6 is 11.6 Å². The number of anilines is 3. The largest absolute Gasteiger partial charge is 0.488 e. The van der Waals surface area contributed by atoms with E-state index in [0.29, 0.717) is 64.5 Å². The van der Waals surface area contributed by atoms with Gasteiger partial charge in [-0.2, -0.15) is 4.98 Å². The zero-order chi connectivity index (χ0) is 46.2. The maximum atomic E-state index is 15.1. The van der Waals surface area contributed by atoms with Crippen molar-refractivity contribution < 1.29 is 33.0 Å². The number of benzene rings is 2. The summed E-state index contributed by atoms with van der Waals surface area (Å²) in [7, 11) is 1.56. The van der Waals surface area contributed by atoms with Gasteiger partial charge in [0.1, 0.15) is 16.9 Å². The first kappa shape index (κ1) is 47.3. The number of fused-ring (bicyclic) bond motifs is 2. The van der Waals surface area contributed by atoms with E-state index in [-0.39, 0.29) is 54.5 Å². The van der Waals surface area contributed by atoms with Crippen LogP contribution in [-0.2, 0) is 25.7 Å². The van der Waals surface area contributed by atoms with E-state index in [0.717, 1.165) is 68.5 Å². The lowest BCUT2D eigenvalue weighted by Gasteiger charge is -2.36. The third kappa shape index (κ3) is 10.9. The van der Waals surface area contributed by atoms with E-state index in [9.17, 15) is 19.2 Å². The zero-order valence-electron chi connectivity index (χ0n) is 37.5. The summed E-state index contributed by atoms with van der Waals surface area (Å²) in [6, 6.07) is 10.4. The number of hydrogen-bond donors (Lipinski definition) is 4. The SMILES string of the molecule is CCOc1cc2cc(Nc3nc(N4CCC(OC5CCC5)CC4)ncc3Cl)ccc2n(C(C)C)c1=O.CNC=O.O=C1CCC(N2Cc3c(ccc(C4CCNCC4)c3F)C2=O)C(=O)N1. The van der Waals surface area contributed by atoms with Gasteiger partial charge in [-0.05, 0) is 127 Å². The van der Waals surface area contributed by atoms with Gasteiger partial charge in [-0.3, -0.25) is 29.3 Å². The van der Waals surface area contributed by atoms with E-state index in [1.54, 1.807) is 36.0 Å². The summed E-state index contributed by atoms with van der Waals surface area (Å²) < 4.78 is 28.7. The third-order valence-corrected chi connectivity index (χ3v) is 12.8. The molecule has 0 bridgehead atoms. The topological polar surface area (TPSA) is 189 Å². The average Bonchev–Trinajstić information content (AvgIpc) is 3.63. The molecule has 9 rings (SSSR count). The number of hydrogen-bond acceptors (Lipinski definition) is 12. The molecule has 0 spiro atoms. The summed E-state index contributed by atoms with van der Waals surface area (Å²) in [6.45, 7) is 9.83. The predicted octanol–water partition coefficient (Wildman–Crippen LogP) is 6.12. The number of amides is 4. The highest BCUT2D eigenvalue weighted by Gasteiger charge is 2.41. The lowest BCUT2D eigenvalue weighted by Crippen LogP contribution is -2.52. The Morgan fingerprint density at radius 1 is 0.985 bits per heavy atom. The standard InChI is InChI=1S/C27H34ClN5O3.C18H20FN3O3.C2H5NO/c1-4-35-24-15-18-14-19(8-9-23(18)33(17(2)3)26(24)34)30-25-22(28)16-29-27(31-25)32-12-10-21(11-13-32)36-20-6-5-7-20;19-16-11(10-5-7-20-8-6-10)1-2-12-13(16)9-22(18(12)25)14-3-4-15(23)21-17(14)24;1-3-2-4/h8-9,14-17,20-21H,4-7,10-13H2,1-3H3,(H,29,30,31);1-2,10,14,20H,3-9H2,(H,21,23,24);2H,1H3,(H,3,4). The molecular formula is C47H59ClFN9O7. The van der Waals surface area contributed by atoms with Crippen LogP contribution in [0.15, 0.2) is 47.4 Å². The van der Waals surface area contributed by atoms with Crippen LogP contribution in [0.5, 0.6) is 5.75 Å². The van der Waals surface area contributed by atoms with E-state index in [1.807, 2.05) is 39.0 Å². The minimum absolute atomic E-state index is 0.00124. The van der Waals surface area contributed by atoms with Crippen LogP contribution in [0.2, 0.25) is 5.02 Å². The van der Waals surface area contributed by atoms with E-state index in [4.69, 9.17) is 30.9 Å². The molecule has 1 aliphatic carbocycles. The number of nitrogens with zero attached hydrogens (tertiary/aromatic N) is 5. The Balaban J connectivity index is 0.000000189. The van der Waals surface area contributed by atoms with Gasteiger partial charge >= 0.3 is 0 Å². The molecule has 18 heteroatoms. The fourth-order valence-corrected chi connectivity index (χ4v) is 9.08. The Hall–Kier alpha value is -5.65. The van der Waals surface area contributed by atoms with E-state index in [1.165, 1.54) is 24.2 Å². The second kappa shape index (κ2) is 21.6. The molecule has 65 heavy (non-hydrogen) atoms. The highest BCUT2D eigenvalue weighted by Crippen LogP contribution is 2.36. The molecule has 2 aromatic carbocycles. The van der Waals surface area contributed by atoms with Crippen molar-refractivity contribution in [2.75, 3.05) is 50.1 Å². The van der Waals surface area contributed by atoms with Crippen molar-refractivity contribution >= 4 is 64.1 Å². The Bertz CT molecular complexity index is 2430. The molecule has 0 radical (unpaired) electrons. The van der Waals surface area contributed by atoms with Crippen molar-refractivity contribution in [3.8, 4) is 5.75 Å². The Morgan fingerprint density at radius 3 is 2.35 bits per heavy atom. The number of aromatic nitrogens is 3. The number of nitrogens with one attached hydrogen (secondary N) is 4. The highest BCUT2D eigenvalue weighted by molar-refractivity contribution is 6.33. The van der Waals surface area contributed by atoms with Crippen molar-refractivity contribution in [2.45, 2.75) is 115 Å². The third-order valence-electron chi connectivity index (χ3n) is 12.6. The molecule has 6 heterocycles. The molecule has 1 atom stereocenters. The van der Waals surface area contributed by atoms with Crippen LogP contribution in [-0.4, -0.2) is 102 Å². The Labute approximate surface area is 383 Å². The minimum Gasteiger partial charge on any atom is -0.488 e. The number of imide groups is 1. The molecular weight excluding hydrogens is 857 g/mol. The van der Waals surface area contributed by atoms with Crippen LogP contribution in [0.4, 0.5) is 21.8 Å². The fourth-order valence-electron chi connectivity index (χ4n) is 8.95.